The fraction of sp³-hybridized carbons (Fsp3) is 0.875. The molecule has 78 valence electrons. The highest BCUT2D eigenvalue weighted by molar-refractivity contribution is 7.98. The first-order valence-corrected chi connectivity index (χ1v) is 6.95. The predicted octanol–water partition coefficient (Wildman–Crippen LogP) is 1.15. The summed E-state index contributed by atoms with van der Waals surface area (Å²) in [6.45, 7) is 0.770. The average Bonchev–Trinajstić information content (AvgIpc) is 2.10. The van der Waals surface area contributed by atoms with Crippen molar-refractivity contribution in [2.45, 2.75) is 12.5 Å². The number of hydrogen-bond donors (Lipinski definition) is 2. The Hall–Kier alpha value is 0.130. The number of nitrogens with one attached hydrogen (secondary N) is 1. The molecule has 5 heteroatoms. The summed E-state index contributed by atoms with van der Waals surface area (Å²) in [5.41, 5.74) is 0. The normalized spacial score (nSPS) is 12.8. The van der Waals surface area contributed by atoms with E-state index >= 15 is 0 Å². The van der Waals surface area contributed by atoms with Crippen LogP contribution in [-0.4, -0.2) is 47.7 Å². The minimum atomic E-state index is -0.741. The SMILES string of the molecule is CSCCN[C@@H](CCSC)C(=O)O. The van der Waals surface area contributed by atoms with E-state index in [1.165, 1.54) is 0 Å². The zero-order valence-electron chi connectivity index (χ0n) is 8.08. The molecule has 0 spiro atoms. The van der Waals surface area contributed by atoms with Crippen molar-refractivity contribution in [1.82, 2.24) is 5.32 Å². The van der Waals surface area contributed by atoms with E-state index in [1.54, 1.807) is 23.5 Å². The van der Waals surface area contributed by atoms with Crippen LogP contribution in [0.5, 0.6) is 0 Å². The maximum absolute atomic E-state index is 10.7. The number of rotatable bonds is 8. The highest BCUT2D eigenvalue weighted by atomic mass is 32.2. The fourth-order valence-electron chi connectivity index (χ4n) is 0.884. The summed E-state index contributed by atoms with van der Waals surface area (Å²) in [5, 5.41) is 11.8. The number of carboxylic acid groups (broad SMARTS) is 1. The molecule has 0 aliphatic heterocycles. The third-order valence-corrected chi connectivity index (χ3v) is 2.86. The third kappa shape index (κ3) is 7.22. The van der Waals surface area contributed by atoms with Gasteiger partial charge in [0.15, 0.2) is 0 Å². The summed E-state index contributed by atoms with van der Waals surface area (Å²) in [6, 6.07) is -0.375. The van der Waals surface area contributed by atoms with Crippen molar-refractivity contribution in [2.75, 3.05) is 30.6 Å². The lowest BCUT2D eigenvalue weighted by Crippen LogP contribution is -2.38. The lowest BCUT2D eigenvalue weighted by Gasteiger charge is -2.12. The van der Waals surface area contributed by atoms with E-state index in [1.807, 2.05) is 12.5 Å². The number of thioether (sulfide) groups is 2. The second kappa shape index (κ2) is 8.72. The van der Waals surface area contributed by atoms with Crippen molar-refractivity contribution in [3.8, 4) is 0 Å². The Morgan fingerprint density at radius 2 is 2.00 bits per heavy atom. The van der Waals surface area contributed by atoms with Gasteiger partial charge in [-0.1, -0.05) is 0 Å². The van der Waals surface area contributed by atoms with Gasteiger partial charge in [-0.25, -0.2) is 0 Å². The molecular weight excluding hydrogens is 206 g/mol. The third-order valence-electron chi connectivity index (χ3n) is 1.61. The van der Waals surface area contributed by atoms with Crippen LogP contribution >= 0.6 is 23.5 Å². The van der Waals surface area contributed by atoms with Crippen LogP contribution in [0.2, 0.25) is 0 Å². The van der Waals surface area contributed by atoms with E-state index in [0.29, 0.717) is 6.42 Å². The molecular formula is C8H17NO2S2. The summed E-state index contributed by atoms with van der Waals surface area (Å²) in [6.07, 6.45) is 4.70. The molecule has 0 heterocycles. The topological polar surface area (TPSA) is 49.3 Å². The van der Waals surface area contributed by atoms with Gasteiger partial charge < -0.3 is 10.4 Å². The number of carboxylic acids is 1. The van der Waals surface area contributed by atoms with Gasteiger partial charge in [0, 0.05) is 12.3 Å². The van der Waals surface area contributed by atoms with Gasteiger partial charge in [0.2, 0.25) is 0 Å². The molecule has 0 aromatic carbocycles. The van der Waals surface area contributed by atoms with Crippen molar-refractivity contribution in [3.63, 3.8) is 0 Å². The molecule has 0 bridgehead atoms. The van der Waals surface area contributed by atoms with E-state index in [-0.39, 0.29) is 6.04 Å². The largest absolute Gasteiger partial charge is 0.480 e. The molecule has 0 saturated heterocycles. The Bertz CT molecular complexity index is 144. The summed E-state index contributed by atoms with van der Waals surface area (Å²) < 4.78 is 0. The molecule has 3 nitrogen and oxygen atoms in total. The van der Waals surface area contributed by atoms with Gasteiger partial charge in [0.25, 0.3) is 0 Å². The molecule has 2 N–H and O–H groups in total. The lowest BCUT2D eigenvalue weighted by atomic mass is 10.2. The Balaban J connectivity index is 3.61. The first kappa shape index (κ1) is 13.1. The van der Waals surface area contributed by atoms with E-state index in [9.17, 15) is 4.79 Å². The number of carbonyl (C=O) groups is 1. The van der Waals surface area contributed by atoms with E-state index < -0.39 is 5.97 Å². The first-order chi connectivity index (χ1) is 6.22. The summed E-state index contributed by atoms with van der Waals surface area (Å²) in [7, 11) is 0. The van der Waals surface area contributed by atoms with Gasteiger partial charge in [0.05, 0.1) is 0 Å². The summed E-state index contributed by atoms with van der Waals surface area (Å²) in [5.74, 6) is 1.11. The lowest BCUT2D eigenvalue weighted by molar-refractivity contribution is -0.139. The first-order valence-electron chi connectivity index (χ1n) is 4.16. The highest BCUT2D eigenvalue weighted by Crippen LogP contribution is 2.01. The second-order valence-corrected chi connectivity index (χ2v) is 4.59. The second-order valence-electron chi connectivity index (χ2n) is 2.62. The Labute approximate surface area is 88.0 Å². The number of aliphatic carboxylic acids is 1. The van der Waals surface area contributed by atoms with Gasteiger partial charge in [0.1, 0.15) is 6.04 Å². The van der Waals surface area contributed by atoms with Crippen molar-refractivity contribution in [3.05, 3.63) is 0 Å². The Morgan fingerprint density at radius 3 is 2.46 bits per heavy atom. The monoisotopic (exact) mass is 223 g/mol. The molecule has 0 aromatic heterocycles. The zero-order valence-corrected chi connectivity index (χ0v) is 9.71. The summed E-state index contributed by atoms with van der Waals surface area (Å²) in [4.78, 5) is 10.7. The van der Waals surface area contributed by atoms with Gasteiger partial charge >= 0.3 is 5.97 Å². The molecule has 0 rings (SSSR count). The van der Waals surface area contributed by atoms with Crippen LogP contribution in [0.25, 0.3) is 0 Å². The van der Waals surface area contributed by atoms with Gasteiger partial charge in [-0.2, -0.15) is 23.5 Å². The van der Waals surface area contributed by atoms with Crippen molar-refractivity contribution in [1.29, 1.82) is 0 Å². The number of hydrogen-bond acceptors (Lipinski definition) is 4. The van der Waals surface area contributed by atoms with Crippen molar-refractivity contribution >= 4 is 29.5 Å². The van der Waals surface area contributed by atoms with Crippen LogP contribution < -0.4 is 5.32 Å². The van der Waals surface area contributed by atoms with E-state index in [4.69, 9.17) is 5.11 Å². The molecule has 0 radical (unpaired) electrons. The van der Waals surface area contributed by atoms with Gasteiger partial charge in [-0.05, 0) is 24.7 Å². The molecule has 0 amide bonds. The minimum Gasteiger partial charge on any atom is -0.480 e. The zero-order chi connectivity index (χ0) is 10.1. The van der Waals surface area contributed by atoms with Crippen LogP contribution in [0.15, 0.2) is 0 Å². The van der Waals surface area contributed by atoms with E-state index in [0.717, 1.165) is 18.1 Å². The molecule has 0 unspecified atom stereocenters. The maximum atomic E-state index is 10.7. The van der Waals surface area contributed by atoms with Gasteiger partial charge in [-0.3, -0.25) is 4.79 Å². The van der Waals surface area contributed by atoms with Crippen LogP contribution in [0.4, 0.5) is 0 Å². The summed E-state index contributed by atoms with van der Waals surface area (Å²) >= 11 is 3.40. The highest BCUT2D eigenvalue weighted by Gasteiger charge is 2.14. The molecule has 1 atom stereocenters. The van der Waals surface area contributed by atoms with Crippen LogP contribution in [0.1, 0.15) is 6.42 Å². The molecule has 0 aromatic rings. The standard InChI is InChI=1S/C8H17NO2S2/c1-12-5-3-7(8(10)11)9-4-6-13-2/h7,9H,3-6H2,1-2H3,(H,10,11)/t7-/m0/s1. The molecule has 0 fully saturated rings. The fourth-order valence-corrected chi connectivity index (χ4v) is 1.68. The Morgan fingerprint density at radius 1 is 1.38 bits per heavy atom. The predicted molar refractivity (Wildman–Crippen MR) is 60.8 cm³/mol. The van der Waals surface area contributed by atoms with Crippen LogP contribution in [-0.2, 0) is 4.79 Å². The smallest absolute Gasteiger partial charge is 0.320 e. The van der Waals surface area contributed by atoms with Crippen LogP contribution in [0.3, 0.4) is 0 Å². The Kier molecular flexibility index (Phi) is 8.80. The maximum Gasteiger partial charge on any atom is 0.320 e. The molecule has 13 heavy (non-hydrogen) atoms. The quantitative estimate of drug-likeness (QED) is 0.604. The van der Waals surface area contributed by atoms with E-state index in [2.05, 4.69) is 5.32 Å². The molecule has 0 saturated carbocycles. The molecule has 0 aliphatic rings. The minimum absolute atomic E-state index is 0.375. The average molecular weight is 223 g/mol. The van der Waals surface area contributed by atoms with Crippen LogP contribution in [0, 0.1) is 0 Å². The van der Waals surface area contributed by atoms with Gasteiger partial charge in [-0.15, -0.1) is 0 Å². The van der Waals surface area contributed by atoms with Crippen molar-refractivity contribution in [2.24, 2.45) is 0 Å². The van der Waals surface area contributed by atoms with Crippen molar-refractivity contribution < 1.29 is 9.90 Å². The molecule has 0 aliphatic carbocycles.